The zero-order chi connectivity index (χ0) is 19.9. The van der Waals surface area contributed by atoms with Crippen molar-refractivity contribution in [1.29, 1.82) is 0 Å². The lowest BCUT2D eigenvalue weighted by Crippen LogP contribution is -2.37. The minimum absolute atomic E-state index is 0.0303. The number of hydrogen-bond acceptors (Lipinski definition) is 2. The van der Waals surface area contributed by atoms with Gasteiger partial charge in [0.05, 0.1) is 5.69 Å². The van der Waals surface area contributed by atoms with E-state index in [4.69, 9.17) is 0 Å². The van der Waals surface area contributed by atoms with Gasteiger partial charge in [-0.15, -0.1) is 0 Å². The van der Waals surface area contributed by atoms with Gasteiger partial charge >= 0.3 is 0 Å². The molecule has 1 spiro atoms. The Morgan fingerprint density at radius 2 is 1.82 bits per heavy atom. The van der Waals surface area contributed by atoms with Crippen molar-refractivity contribution in [3.63, 3.8) is 0 Å². The summed E-state index contributed by atoms with van der Waals surface area (Å²) in [5.74, 6) is -0.756. The summed E-state index contributed by atoms with van der Waals surface area (Å²) in [4.78, 5) is 26.8. The molecule has 2 aliphatic rings. The van der Waals surface area contributed by atoms with E-state index in [1.165, 1.54) is 12.5 Å². The molecule has 0 atom stereocenters. The van der Waals surface area contributed by atoms with Crippen molar-refractivity contribution in [3.05, 3.63) is 58.9 Å². The van der Waals surface area contributed by atoms with Crippen molar-refractivity contribution in [2.45, 2.75) is 51.4 Å². The molecule has 1 heterocycles. The first kappa shape index (κ1) is 18.7. The predicted molar refractivity (Wildman–Crippen MR) is 108 cm³/mol. The number of hydrogen-bond donors (Lipinski definition) is 1. The van der Waals surface area contributed by atoms with Crippen LogP contribution in [0.25, 0.3) is 0 Å². The van der Waals surface area contributed by atoms with E-state index in [0.29, 0.717) is 12.1 Å². The molecule has 0 saturated heterocycles. The highest BCUT2D eigenvalue weighted by Crippen LogP contribution is 2.49. The molecule has 28 heavy (non-hydrogen) atoms. The van der Waals surface area contributed by atoms with Crippen LogP contribution in [-0.4, -0.2) is 18.4 Å². The molecule has 5 heteroatoms. The Kier molecular flexibility index (Phi) is 4.69. The first-order valence-corrected chi connectivity index (χ1v) is 9.90. The minimum atomic E-state index is -0.452. The summed E-state index contributed by atoms with van der Waals surface area (Å²) in [6.45, 7) is 4.13. The van der Waals surface area contributed by atoms with Crippen LogP contribution in [0.2, 0.25) is 0 Å². The zero-order valence-corrected chi connectivity index (χ0v) is 16.3. The van der Waals surface area contributed by atoms with E-state index in [1.807, 2.05) is 24.0 Å². The van der Waals surface area contributed by atoms with Crippen LogP contribution in [0.15, 0.2) is 36.4 Å². The number of rotatable bonds is 2. The Balaban J connectivity index is 1.69. The Morgan fingerprint density at radius 3 is 2.54 bits per heavy atom. The second kappa shape index (κ2) is 7.04. The number of aryl methyl sites for hydroxylation is 1. The Hall–Kier alpha value is -2.69. The van der Waals surface area contributed by atoms with Crippen molar-refractivity contribution in [3.8, 4) is 0 Å². The third-order valence-electron chi connectivity index (χ3n) is 6.14. The van der Waals surface area contributed by atoms with Gasteiger partial charge in [-0.05, 0) is 61.2 Å². The van der Waals surface area contributed by atoms with Gasteiger partial charge in [0.1, 0.15) is 5.82 Å². The molecule has 0 aromatic heterocycles. The molecule has 0 unspecified atom stereocenters. The molecule has 0 radical (unpaired) electrons. The molecular formula is C23H25FN2O2. The van der Waals surface area contributed by atoms with Crippen LogP contribution in [0, 0.1) is 12.7 Å². The number of anilines is 2. The lowest BCUT2D eigenvalue weighted by Gasteiger charge is -2.34. The molecule has 4 nitrogen and oxygen atoms in total. The highest BCUT2D eigenvalue weighted by molar-refractivity contribution is 6.05. The fourth-order valence-corrected chi connectivity index (χ4v) is 4.68. The third kappa shape index (κ3) is 3.19. The quantitative estimate of drug-likeness (QED) is 0.801. The van der Waals surface area contributed by atoms with E-state index in [9.17, 15) is 14.0 Å². The number of amides is 2. The van der Waals surface area contributed by atoms with E-state index in [0.717, 1.165) is 42.5 Å². The third-order valence-corrected chi connectivity index (χ3v) is 6.14. The topological polar surface area (TPSA) is 49.4 Å². The van der Waals surface area contributed by atoms with Crippen molar-refractivity contribution >= 4 is 23.2 Å². The van der Waals surface area contributed by atoms with Crippen molar-refractivity contribution in [2.75, 3.05) is 16.8 Å². The maximum atomic E-state index is 14.0. The van der Waals surface area contributed by atoms with Crippen LogP contribution in [0.4, 0.5) is 15.8 Å². The summed E-state index contributed by atoms with van der Waals surface area (Å²) in [6, 6.07) is 10.1. The second-order valence-corrected chi connectivity index (χ2v) is 8.12. The van der Waals surface area contributed by atoms with Gasteiger partial charge < -0.3 is 10.2 Å². The maximum absolute atomic E-state index is 14.0. The van der Waals surface area contributed by atoms with Crippen LogP contribution < -0.4 is 10.2 Å². The number of carbonyl (C=O) groups excluding carboxylic acids is 2. The Bertz CT molecular complexity index is 948. The average molecular weight is 380 g/mol. The van der Waals surface area contributed by atoms with E-state index in [-0.39, 0.29) is 22.9 Å². The molecule has 1 fully saturated rings. The molecule has 1 saturated carbocycles. The molecule has 2 aromatic carbocycles. The number of benzene rings is 2. The smallest absolute Gasteiger partial charge is 0.255 e. The molecule has 1 aliphatic carbocycles. The van der Waals surface area contributed by atoms with E-state index >= 15 is 0 Å². The molecule has 4 rings (SSSR count). The lowest BCUT2D eigenvalue weighted by atomic mass is 9.70. The van der Waals surface area contributed by atoms with Crippen molar-refractivity contribution < 1.29 is 14.0 Å². The van der Waals surface area contributed by atoms with Crippen LogP contribution in [0.1, 0.15) is 60.5 Å². The highest BCUT2D eigenvalue weighted by atomic mass is 19.1. The molecule has 1 aliphatic heterocycles. The van der Waals surface area contributed by atoms with E-state index in [2.05, 4.69) is 5.32 Å². The average Bonchev–Trinajstić information content (AvgIpc) is 2.99. The fraction of sp³-hybridized carbons (Fsp3) is 0.391. The maximum Gasteiger partial charge on any atom is 0.255 e. The van der Waals surface area contributed by atoms with Gasteiger partial charge in [-0.3, -0.25) is 9.59 Å². The summed E-state index contributed by atoms with van der Waals surface area (Å²) < 4.78 is 14.0. The summed E-state index contributed by atoms with van der Waals surface area (Å²) in [5, 5.41) is 2.69. The van der Waals surface area contributed by atoms with Gasteiger partial charge in [0.2, 0.25) is 5.91 Å². The summed E-state index contributed by atoms with van der Waals surface area (Å²) in [5.41, 5.74) is 3.49. The Morgan fingerprint density at radius 1 is 1.07 bits per heavy atom. The van der Waals surface area contributed by atoms with E-state index < -0.39 is 5.82 Å². The highest BCUT2D eigenvalue weighted by Gasteiger charge is 2.44. The predicted octanol–water partition coefficient (Wildman–Crippen LogP) is 4.95. The van der Waals surface area contributed by atoms with E-state index in [1.54, 1.807) is 25.1 Å². The van der Waals surface area contributed by atoms with Crippen molar-refractivity contribution in [2.24, 2.45) is 0 Å². The number of halogens is 1. The standard InChI is InChI=1S/C23H25FN2O2/c1-15-6-8-19(24)20(12-15)25-22(28)17-7-9-21-18(13-17)23(10-4-3-5-11-23)14-26(21)16(2)27/h6-9,12-13H,3-5,10-11,14H2,1-2H3,(H,25,28). The number of nitrogens with one attached hydrogen (secondary N) is 1. The van der Waals surface area contributed by atoms with Gasteiger partial charge in [-0.1, -0.05) is 25.3 Å². The fourth-order valence-electron chi connectivity index (χ4n) is 4.68. The first-order valence-electron chi connectivity index (χ1n) is 9.90. The zero-order valence-electron chi connectivity index (χ0n) is 16.3. The molecule has 2 aromatic rings. The normalized spacial score (nSPS) is 17.5. The lowest BCUT2D eigenvalue weighted by molar-refractivity contribution is -0.116. The summed E-state index contributed by atoms with van der Waals surface area (Å²) in [7, 11) is 0. The number of carbonyl (C=O) groups is 2. The molecule has 146 valence electrons. The van der Waals surface area contributed by atoms with Crippen LogP contribution >= 0.6 is 0 Å². The second-order valence-electron chi connectivity index (χ2n) is 8.12. The van der Waals surface area contributed by atoms with Crippen molar-refractivity contribution in [1.82, 2.24) is 0 Å². The summed E-state index contributed by atoms with van der Waals surface area (Å²) in [6.07, 6.45) is 5.54. The van der Waals surface area contributed by atoms with Gasteiger partial charge in [0.15, 0.2) is 0 Å². The Labute approximate surface area is 164 Å². The number of nitrogens with zero attached hydrogens (tertiary/aromatic N) is 1. The van der Waals surface area contributed by atoms with Gasteiger partial charge in [0.25, 0.3) is 5.91 Å². The number of fused-ring (bicyclic) bond motifs is 2. The van der Waals surface area contributed by atoms with Gasteiger partial charge in [-0.2, -0.15) is 0 Å². The summed E-state index contributed by atoms with van der Waals surface area (Å²) >= 11 is 0. The molecular weight excluding hydrogens is 355 g/mol. The monoisotopic (exact) mass is 380 g/mol. The SMILES string of the molecule is CC(=O)N1CC2(CCCCC2)c2cc(C(=O)Nc3cc(C)ccc3F)ccc21. The van der Waals surface area contributed by atoms with Gasteiger partial charge in [-0.25, -0.2) is 4.39 Å². The van der Waals surface area contributed by atoms with Crippen LogP contribution in [-0.2, 0) is 10.2 Å². The first-order chi connectivity index (χ1) is 13.4. The minimum Gasteiger partial charge on any atom is -0.319 e. The molecule has 0 bridgehead atoms. The largest absolute Gasteiger partial charge is 0.319 e. The van der Waals surface area contributed by atoms with Crippen LogP contribution in [0.5, 0.6) is 0 Å². The van der Waals surface area contributed by atoms with Crippen LogP contribution in [0.3, 0.4) is 0 Å². The molecule has 2 amide bonds. The molecule has 1 N–H and O–H groups in total. The van der Waals surface area contributed by atoms with Gasteiger partial charge in [0, 0.05) is 30.1 Å².